The molecule has 0 spiro atoms. The van der Waals surface area contributed by atoms with Crippen LogP contribution in [0.5, 0.6) is 11.5 Å². The Bertz CT molecular complexity index is 638. The van der Waals surface area contributed by atoms with Crippen LogP contribution in [0.25, 0.3) is 10.8 Å². The molecule has 92 valence electrons. The number of amides is 2. The fourth-order valence-corrected chi connectivity index (χ4v) is 1.63. The molecule has 0 fully saturated rings. The highest BCUT2D eigenvalue weighted by molar-refractivity contribution is 6.02. The molecule has 2 amide bonds. The molecule has 6 nitrogen and oxygen atoms in total. The van der Waals surface area contributed by atoms with Gasteiger partial charge in [0.1, 0.15) is 11.5 Å². The van der Waals surface area contributed by atoms with E-state index in [9.17, 15) is 15.0 Å². The van der Waals surface area contributed by atoms with E-state index in [-0.39, 0.29) is 11.5 Å². The van der Waals surface area contributed by atoms with Crippen molar-refractivity contribution in [2.75, 3.05) is 0 Å². The average molecular weight is 245 g/mol. The Labute approximate surface area is 102 Å². The number of rotatable bonds is 2. The monoisotopic (exact) mass is 245 g/mol. The molecule has 0 saturated heterocycles. The molecule has 2 aromatic carbocycles. The molecule has 6 heteroatoms. The van der Waals surface area contributed by atoms with E-state index >= 15 is 0 Å². The number of urea groups is 1. The maximum Gasteiger partial charge on any atom is 0.332 e. The maximum atomic E-state index is 10.5. The molecule has 0 saturated carbocycles. The zero-order chi connectivity index (χ0) is 13.1. The normalized spacial score (nSPS) is 10.9. The number of carbonyl (C=O) groups is 1. The van der Waals surface area contributed by atoms with E-state index in [4.69, 9.17) is 5.73 Å². The van der Waals surface area contributed by atoms with Crippen molar-refractivity contribution in [2.45, 2.75) is 0 Å². The van der Waals surface area contributed by atoms with Gasteiger partial charge < -0.3 is 15.9 Å². The lowest BCUT2D eigenvalue weighted by atomic mass is 10.0. The van der Waals surface area contributed by atoms with Crippen molar-refractivity contribution < 1.29 is 15.0 Å². The van der Waals surface area contributed by atoms with Crippen molar-refractivity contribution in [3.8, 4) is 11.5 Å². The van der Waals surface area contributed by atoms with E-state index < -0.39 is 6.03 Å². The summed E-state index contributed by atoms with van der Waals surface area (Å²) in [5, 5.41) is 24.2. The lowest BCUT2D eigenvalue weighted by Gasteiger charge is -2.05. The van der Waals surface area contributed by atoms with Gasteiger partial charge in [0.15, 0.2) is 0 Å². The van der Waals surface area contributed by atoms with Crippen LogP contribution in [0.4, 0.5) is 4.79 Å². The zero-order valence-corrected chi connectivity index (χ0v) is 9.29. The summed E-state index contributed by atoms with van der Waals surface area (Å²) < 4.78 is 0. The van der Waals surface area contributed by atoms with Crippen LogP contribution < -0.4 is 11.2 Å². The van der Waals surface area contributed by atoms with Crippen LogP contribution in [0.15, 0.2) is 35.4 Å². The van der Waals surface area contributed by atoms with Gasteiger partial charge in [-0.25, -0.2) is 10.2 Å². The Morgan fingerprint density at radius 1 is 1.28 bits per heavy atom. The number of nitrogens with two attached hydrogens (primary N) is 1. The largest absolute Gasteiger partial charge is 0.508 e. The Morgan fingerprint density at radius 3 is 2.78 bits per heavy atom. The van der Waals surface area contributed by atoms with Crippen LogP contribution in [0.2, 0.25) is 0 Å². The summed E-state index contributed by atoms with van der Waals surface area (Å²) in [6.45, 7) is 0. The van der Waals surface area contributed by atoms with Gasteiger partial charge in [-0.2, -0.15) is 5.10 Å². The number of carbonyl (C=O) groups excluding carboxylic acids is 1. The quantitative estimate of drug-likeness (QED) is 0.472. The fraction of sp³-hybridized carbons (Fsp3) is 0. The first kappa shape index (κ1) is 11.7. The van der Waals surface area contributed by atoms with Gasteiger partial charge in [0.25, 0.3) is 0 Å². The predicted octanol–water partition coefficient (Wildman–Crippen LogP) is 1.25. The minimum atomic E-state index is -0.788. The average Bonchev–Trinajstić information content (AvgIpc) is 2.31. The Hall–Kier alpha value is -2.76. The van der Waals surface area contributed by atoms with Gasteiger partial charge in [0.2, 0.25) is 0 Å². The molecule has 0 radical (unpaired) electrons. The highest BCUT2D eigenvalue weighted by atomic mass is 16.3. The lowest BCUT2D eigenvalue weighted by molar-refractivity contribution is 0.249. The third kappa shape index (κ3) is 2.32. The van der Waals surface area contributed by atoms with E-state index in [0.29, 0.717) is 10.9 Å². The minimum absolute atomic E-state index is 0.0169. The molecule has 0 aliphatic carbocycles. The minimum Gasteiger partial charge on any atom is -0.508 e. The SMILES string of the molecule is NC(=O)N/N=C/c1c(O)ccc2cc(O)ccc12. The summed E-state index contributed by atoms with van der Waals surface area (Å²) in [7, 11) is 0. The summed E-state index contributed by atoms with van der Waals surface area (Å²) in [6, 6.07) is 7.07. The van der Waals surface area contributed by atoms with Crippen LogP contribution in [-0.4, -0.2) is 22.5 Å². The Morgan fingerprint density at radius 2 is 2.06 bits per heavy atom. The number of fused-ring (bicyclic) bond motifs is 1. The number of hydrazone groups is 1. The van der Waals surface area contributed by atoms with Crippen LogP contribution in [0, 0.1) is 0 Å². The van der Waals surface area contributed by atoms with Gasteiger partial charge >= 0.3 is 6.03 Å². The van der Waals surface area contributed by atoms with Gasteiger partial charge in [0, 0.05) is 5.56 Å². The summed E-state index contributed by atoms with van der Waals surface area (Å²) in [5.41, 5.74) is 7.34. The third-order valence-electron chi connectivity index (χ3n) is 2.39. The molecule has 0 heterocycles. The van der Waals surface area contributed by atoms with Crippen LogP contribution >= 0.6 is 0 Å². The van der Waals surface area contributed by atoms with Gasteiger partial charge in [-0.3, -0.25) is 0 Å². The molecular formula is C12H11N3O3. The van der Waals surface area contributed by atoms with Crippen molar-refractivity contribution in [3.05, 3.63) is 35.9 Å². The van der Waals surface area contributed by atoms with Crippen molar-refractivity contribution in [2.24, 2.45) is 10.8 Å². The molecular weight excluding hydrogens is 234 g/mol. The smallest absolute Gasteiger partial charge is 0.332 e. The van der Waals surface area contributed by atoms with E-state index in [1.165, 1.54) is 18.3 Å². The molecule has 5 N–H and O–H groups in total. The second kappa shape index (κ2) is 4.62. The van der Waals surface area contributed by atoms with E-state index in [1.807, 2.05) is 5.43 Å². The predicted molar refractivity (Wildman–Crippen MR) is 67.6 cm³/mol. The topological polar surface area (TPSA) is 108 Å². The molecule has 0 unspecified atom stereocenters. The highest BCUT2D eigenvalue weighted by Crippen LogP contribution is 2.28. The number of phenolic OH excluding ortho intramolecular Hbond substituents is 2. The van der Waals surface area contributed by atoms with Crippen LogP contribution in [0.3, 0.4) is 0 Å². The zero-order valence-electron chi connectivity index (χ0n) is 9.29. The van der Waals surface area contributed by atoms with Gasteiger partial charge in [-0.1, -0.05) is 6.07 Å². The van der Waals surface area contributed by atoms with Crippen molar-refractivity contribution in [1.82, 2.24) is 5.43 Å². The van der Waals surface area contributed by atoms with Crippen molar-refractivity contribution in [1.29, 1.82) is 0 Å². The number of hydrogen-bond acceptors (Lipinski definition) is 4. The van der Waals surface area contributed by atoms with Gasteiger partial charge in [-0.15, -0.1) is 0 Å². The first-order chi connectivity index (χ1) is 8.58. The Kier molecular flexibility index (Phi) is 3.01. The van der Waals surface area contributed by atoms with Gasteiger partial charge in [0.05, 0.1) is 6.21 Å². The van der Waals surface area contributed by atoms with Crippen molar-refractivity contribution in [3.63, 3.8) is 0 Å². The number of primary amides is 1. The molecule has 0 aliphatic heterocycles. The summed E-state index contributed by atoms with van der Waals surface area (Å²) in [5.74, 6) is 0.148. The molecule has 0 bridgehead atoms. The van der Waals surface area contributed by atoms with E-state index in [0.717, 1.165) is 5.39 Å². The van der Waals surface area contributed by atoms with Gasteiger partial charge in [-0.05, 0) is 35.0 Å². The lowest BCUT2D eigenvalue weighted by Crippen LogP contribution is -2.24. The fourth-order valence-electron chi connectivity index (χ4n) is 1.63. The summed E-state index contributed by atoms with van der Waals surface area (Å²) >= 11 is 0. The number of phenols is 2. The second-order valence-corrected chi connectivity index (χ2v) is 3.64. The summed E-state index contributed by atoms with van der Waals surface area (Å²) in [6.07, 6.45) is 1.29. The van der Waals surface area contributed by atoms with E-state index in [1.54, 1.807) is 18.2 Å². The van der Waals surface area contributed by atoms with Crippen molar-refractivity contribution >= 4 is 23.0 Å². The number of hydrogen-bond donors (Lipinski definition) is 4. The molecule has 18 heavy (non-hydrogen) atoms. The first-order valence-electron chi connectivity index (χ1n) is 5.11. The molecule has 0 atom stereocenters. The van der Waals surface area contributed by atoms with Crippen LogP contribution in [-0.2, 0) is 0 Å². The maximum absolute atomic E-state index is 10.5. The molecule has 2 aromatic rings. The molecule has 0 aliphatic rings. The third-order valence-corrected chi connectivity index (χ3v) is 2.39. The second-order valence-electron chi connectivity index (χ2n) is 3.64. The first-order valence-corrected chi connectivity index (χ1v) is 5.11. The number of benzene rings is 2. The number of nitrogens with zero attached hydrogens (tertiary/aromatic N) is 1. The highest BCUT2D eigenvalue weighted by Gasteiger charge is 2.05. The van der Waals surface area contributed by atoms with E-state index in [2.05, 4.69) is 5.10 Å². The Balaban J connectivity index is 2.51. The summed E-state index contributed by atoms with van der Waals surface area (Å²) in [4.78, 5) is 10.5. The number of aromatic hydroxyl groups is 2. The molecule has 2 rings (SSSR count). The number of nitrogens with one attached hydrogen (secondary N) is 1. The van der Waals surface area contributed by atoms with Crippen LogP contribution in [0.1, 0.15) is 5.56 Å². The standard InChI is InChI=1S/C12H11N3O3/c13-12(18)15-14-6-10-9-3-2-8(16)5-7(9)1-4-11(10)17/h1-6,16-17H,(H3,13,15,18)/b14-6+. The molecule has 0 aromatic heterocycles.